The fraction of sp³-hybridized carbons (Fsp3) is 0.269. The molecule has 0 aromatic heterocycles. The molecule has 3 aromatic carbocycles. The van der Waals surface area contributed by atoms with Crippen LogP contribution in [-0.4, -0.2) is 49.7 Å². The minimum atomic E-state index is -3.59. The van der Waals surface area contributed by atoms with Crippen LogP contribution in [-0.2, 0) is 14.8 Å². The molecule has 3 aromatic rings. The van der Waals surface area contributed by atoms with Crippen LogP contribution in [0.2, 0.25) is 0 Å². The molecule has 0 aliphatic carbocycles. The van der Waals surface area contributed by atoms with Crippen LogP contribution in [0, 0.1) is 13.8 Å². The lowest BCUT2D eigenvalue weighted by Crippen LogP contribution is -2.51. The minimum absolute atomic E-state index is 0.00552. The van der Waals surface area contributed by atoms with Gasteiger partial charge in [0.15, 0.2) is 0 Å². The third-order valence-corrected chi connectivity index (χ3v) is 8.07. The second-order valence-corrected chi connectivity index (χ2v) is 10.2. The topological polar surface area (TPSA) is 57.7 Å². The van der Waals surface area contributed by atoms with Crippen molar-refractivity contribution < 1.29 is 13.2 Å². The Morgan fingerprint density at radius 3 is 1.81 bits per heavy atom. The third-order valence-electron chi connectivity index (χ3n) is 6.01. The Kier molecular flexibility index (Phi) is 6.44. The molecule has 1 amide bonds. The average molecular weight is 449 g/mol. The van der Waals surface area contributed by atoms with Gasteiger partial charge >= 0.3 is 0 Å². The zero-order valence-electron chi connectivity index (χ0n) is 18.4. The van der Waals surface area contributed by atoms with Crippen molar-refractivity contribution in [2.75, 3.05) is 26.2 Å². The number of nitrogens with zero attached hydrogens (tertiary/aromatic N) is 2. The number of hydrogen-bond acceptors (Lipinski definition) is 3. The van der Waals surface area contributed by atoms with E-state index in [1.54, 1.807) is 11.0 Å². The van der Waals surface area contributed by atoms with Crippen LogP contribution < -0.4 is 0 Å². The average Bonchev–Trinajstić information content (AvgIpc) is 2.80. The van der Waals surface area contributed by atoms with Gasteiger partial charge in [-0.05, 0) is 36.6 Å². The van der Waals surface area contributed by atoms with Gasteiger partial charge in [-0.25, -0.2) is 8.42 Å². The molecule has 0 atom stereocenters. The van der Waals surface area contributed by atoms with E-state index in [1.165, 1.54) is 4.31 Å². The SMILES string of the molecule is Cc1ccc(S(=O)(=O)N2CCN(C(=O)C(c3ccccc3)c3ccccc3)CC2)c(C)c1. The summed E-state index contributed by atoms with van der Waals surface area (Å²) >= 11 is 0. The predicted octanol–water partition coefficient (Wildman–Crippen LogP) is 3.97. The summed E-state index contributed by atoms with van der Waals surface area (Å²) in [6.45, 7) is 5.10. The molecule has 1 aliphatic rings. The predicted molar refractivity (Wildman–Crippen MR) is 126 cm³/mol. The molecule has 1 saturated heterocycles. The van der Waals surface area contributed by atoms with Gasteiger partial charge in [0, 0.05) is 26.2 Å². The Morgan fingerprint density at radius 2 is 1.31 bits per heavy atom. The lowest BCUT2D eigenvalue weighted by atomic mass is 9.90. The standard InChI is InChI=1S/C26H28N2O3S/c1-20-13-14-24(21(2)19-20)32(30,31)28-17-15-27(16-18-28)26(29)25(22-9-5-3-6-10-22)23-11-7-4-8-12-23/h3-14,19,25H,15-18H2,1-2H3. The van der Waals surface area contributed by atoms with Crippen LogP contribution in [0.5, 0.6) is 0 Å². The van der Waals surface area contributed by atoms with Crippen molar-refractivity contribution in [2.24, 2.45) is 0 Å². The molecule has 6 heteroatoms. The molecule has 32 heavy (non-hydrogen) atoms. The molecule has 0 unspecified atom stereocenters. The fourth-order valence-electron chi connectivity index (χ4n) is 4.33. The summed E-state index contributed by atoms with van der Waals surface area (Å²) in [5, 5.41) is 0. The zero-order chi connectivity index (χ0) is 22.7. The van der Waals surface area contributed by atoms with E-state index >= 15 is 0 Å². The maximum absolute atomic E-state index is 13.6. The lowest BCUT2D eigenvalue weighted by molar-refractivity contribution is -0.133. The zero-order valence-corrected chi connectivity index (χ0v) is 19.3. The fourth-order valence-corrected chi connectivity index (χ4v) is 5.96. The van der Waals surface area contributed by atoms with Gasteiger partial charge in [-0.1, -0.05) is 78.4 Å². The summed E-state index contributed by atoms with van der Waals surface area (Å²) in [5.41, 5.74) is 3.66. The first-order valence-corrected chi connectivity index (χ1v) is 12.3. The number of sulfonamides is 1. The summed E-state index contributed by atoms with van der Waals surface area (Å²) < 4.78 is 27.9. The summed E-state index contributed by atoms with van der Waals surface area (Å²) in [7, 11) is -3.59. The van der Waals surface area contributed by atoms with E-state index in [4.69, 9.17) is 0 Å². The molecule has 1 heterocycles. The van der Waals surface area contributed by atoms with Crippen LogP contribution in [0.15, 0.2) is 83.8 Å². The van der Waals surface area contributed by atoms with Crippen LogP contribution >= 0.6 is 0 Å². The van der Waals surface area contributed by atoms with Gasteiger partial charge in [-0.2, -0.15) is 4.31 Å². The first-order chi connectivity index (χ1) is 15.4. The highest BCUT2D eigenvalue weighted by atomic mass is 32.2. The number of rotatable bonds is 5. The Morgan fingerprint density at radius 1 is 0.781 bits per heavy atom. The minimum Gasteiger partial charge on any atom is -0.339 e. The molecule has 0 radical (unpaired) electrons. The Balaban J connectivity index is 1.53. The Hall–Kier alpha value is -2.96. The van der Waals surface area contributed by atoms with E-state index in [0.717, 1.165) is 22.3 Å². The van der Waals surface area contributed by atoms with Crippen molar-refractivity contribution >= 4 is 15.9 Å². The molecule has 1 fully saturated rings. The highest BCUT2D eigenvalue weighted by Crippen LogP contribution is 2.28. The summed E-state index contributed by atoms with van der Waals surface area (Å²) in [5.74, 6) is -0.397. The van der Waals surface area contributed by atoms with E-state index in [0.29, 0.717) is 18.0 Å². The van der Waals surface area contributed by atoms with Crippen molar-refractivity contribution in [3.8, 4) is 0 Å². The molecule has 1 aliphatic heterocycles. The monoisotopic (exact) mass is 448 g/mol. The third kappa shape index (κ3) is 4.47. The highest BCUT2D eigenvalue weighted by Gasteiger charge is 2.34. The largest absolute Gasteiger partial charge is 0.339 e. The molecule has 0 saturated carbocycles. The number of benzene rings is 3. The summed E-state index contributed by atoms with van der Waals surface area (Å²) in [4.78, 5) is 15.7. The Labute approximate surface area is 190 Å². The normalized spacial score (nSPS) is 15.2. The van der Waals surface area contributed by atoms with Crippen molar-refractivity contribution in [1.29, 1.82) is 0 Å². The molecule has 0 N–H and O–H groups in total. The van der Waals surface area contributed by atoms with Crippen LogP contribution in [0.25, 0.3) is 0 Å². The quantitative estimate of drug-likeness (QED) is 0.594. The molecular weight excluding hydrogens is 420 g/mol. The number of piperazine rings is 1. The van der Waals surface area contributed by atoms with Crippen molar-refractivity contribution in [2.45, 2.75) is 24.7 Å². The van der Waals surface area contributed by atoms with Crippen LogP contribution in [0.4, 0.5) is 0 Å². The number of carbonyl (C=O) groups excluding carboxylic acids is 1. The van der Waals surface area contributed by atoms with Gasteiger partial charge in [0.25, 0.3) is 0 Å². The number of amides is 1. The Bertz CT molecular complexity index is 1150. The van der Waals surface area contributed by atoms with Gasteiger partial charge in [0.05, 0.1) is 10.8 Å². The van der Waals surface area contributed by atoms with Crippen molar-refractivity contribution in [3.05, 3.63) is 101 Å². The van der Waals surface area contributed by atoms with E-state index in [9.17, 15) is 13.2 Å². The van der Waals surface area contributed by atoms with Gasteiger partial charge in [0.1, 0.15) is 0 Å². The second-order valence-electron chi connectivity index (χ2n) is 8.25. The molecular formula is C26H28N2O3S. The van der Waals surface area contributed by atoms with Gasteiger partial charge in [-0.3, -0.25) is 4.79 Å². The van der Waals surface area contributed by atoms with E-state index in [1.807, 2.05) is 86.6 Å². The lowest BCUT2D eigenvalue weighted by Gasteiger charge is -2.36. The van der Waals surface area contributed by atoms with E-state index in [2.05, 4.69) is 0 Å². The second kappa shape index (κ2) is 9.27. The number of hydrogen-bond donors (Lipinski definition) is 0. The summed E-state index contributed by atoms with van der Waals surface area (Å²) in [6, 6.07) is 24.9. The summed E-state index contributed by atoms with van der Waals surface area (Å²) in [6.07, 6.45) is 0. The van der Waals surface area contributed by atoms with Gasteiger partial charge in [0.2, 0.25) is 15.9 Å². The number of aryl methyl sites for hydroxylation is 2. The first kappa shape index (κ1) is 22.2. The molecule has 0 bridgehead atoms. The smallest absolute Gasteiger partial charge is 0.243 e. The molecule has 5 nitrogen and oxygen atoms in total. The molecule has 4 rings (SSSR count). The van der Waals surface area contributed by atoms with Crippen LogP contribution in [0.1, 0.15) is 28.2 Å². The van der Waals surface area contributed by atoms with Crippen molar-refractivity contribution in [1.82, 2.24) is 9.21 Å². The van der Waals surface area contributed by atoms with Crippen molar-refractivity contribution in [3.63, 3.8) is 0 Å². The van der Waals surface area contributed by atoms with Gasteiger partial charge in [-0.15, -0.1) is 0 Å². The van der Waals surface area contributed by atoms with E-state index in [-0.39, 0.29) is 19.0 Å². The maximum atomic E-state index is 13.6. The maximum Gasteiger partial charge on any atom is 0.243 e. The van der Waals surface area contributed by atoms with Crippen LogP contribution in [0.3, 0.4) is 0 Å². The highest BCUT2D eigenvalue weighted by molar-refractivity contribution is 7.89. The molecule has 0 spiro atoms. The molecule has 166 valence electrons. The number of carbonyl (C=O) groups is 1. The first-order valence-electron chi connectivity index (χ1n) is 10.8. The van der Waals surface area contributed by atoms with Gasteiger partial charge < -0.3 is 4.90 Å². The van der Waals surface area contributed by atoms with E-state index < -0.39 is 15.9 Å².